The van der Waals surface area contributed by atoms with Crippen molar-refractivity contribution in [2.24, 2.45) is 33.1 Å². The number of hydrogen-bond acceptors (Lipinski definition) is 8. The first-order chi connectivity index (χ1) is 16.3. The molecule has 3 amide bonds. The smallest absolute Gasteiger partial charge is 0.239 e. The van der Waals surface area contributed by atoms with Gasteiger partial charge in [-0.15, -0.1) is 10.2 Å². The molecular weight excluding hydrogens is 442 g/mol. The predicted molar refractivity (Wildman–Crippen MR) is 135 cm³/mol. The summed E-state index contributed by atoms with van der Waals surface area (Å²) in [6, 6.07) is 0. The zero-order valence-corrected chi connectivity index (χ0v) is 20.7. The van der Waals surface area contributed by atoms with Gasteiger partial charge in [0.15, 0.2) is 0 Å². The van der Waals surface area contributed by atoms with Crippen LogP contribution in [0.4, 0.5) is 0 Å². The van der Waals surface area contributed by atoms with Crippen LogP contribution in [0.5, 0.6) is 0 Å². The molecule has 13 nitrogen and oxygen atoms in total. The molecule has 0 atom stereocenters. The lowest BCUT2D eigenvalue weighted by atomic mass is 10.2. The SMILES string of the molecule is C/C(N)=N/N=C(\N)CCCNC(=O)CCCC(=O)NCC(=O)NCCOCCN.CCCCN. The number of carbonyl (C=O) groups excluding carboxylic acids is 3. The van der Waals surface area contributed by atoms with Crippen molar-refractivity contribution in [3.63, 3.8) is 0 Å². The molecule has 13 heteroatoms. The second-order valence-corrected chi connectivity index (χ2v) is 7.31. The minimum Gasteiger partial charge on any atom is -0.386 e. The summed E-state index contributed by atoms with van der Waals surface area (Å²) >= 11 is 0. The largest absolute Gasteiger partial charge is 0.386 e. The maximum absolute atomic E-state index is 11.7. The number of rotatable bonds is 18. The second kappa shape index (κ2) is 24.9. The topological polar surface area (TPSA) is 225 Å². The van der Waals surface area contributed by atoms with Crippen LogP contribution in [0.25, 0.3) is 0 Å². The number of ether oxygens (including phenoxy) is 1. The van der Waals surface area contributed by atoms with Crippen molar-refractivity contribution in [2.45, 2.75) is 58.8 Å². The molecule has 34 heavy (non-hydrogen) atoms. The lowest BCUT2D eigenvalue weighted by molar-refractivity contribution is -0.126. The summed E-state index contributed by atoms with van der Waals surface area (Å²) in [5, 5.41) is 15.2. The van der Waals surface area contributed by atoms with Crippen molar-refractivity contribution in [1.82, 2.24) is 16.0 Å². The zero-order valence-electron chi connectivity index (χ0n) is 20.7. The first-order valence-electron chi connectivity index (χ1n) is 11.7. The van der Waals surface area contributed by atoms with Crippen molar-refractivity contribution in [3.8, 4) is 0 Å². The van der Waals surface area contributed by atoms with Crippen LogP contribution in [0.3, 0.4) is 0 Å². The minimum absolute atomic E-state index is 0.112. The molecule has 0 bridgehead atoms. The van der Waals surface area contributed by atoms with Crippen LogP contribution in [-0.4, -0.2) is 75.3 Å². The van der Waals surface area contributed by atoms with Crippen LogP contribution in [0.2, 0.25) is 0 Å². The van der Waals surface area contributed by atoms with Crippen molar-refractivity contribution < 1.29 is 19.1 Å². The summed E-state index contributed by atoms with van der Waals surface area (Å²) in [7, 11) is 0. The van der Waals surface area contributed by atoms with Crippen molar-refractivity contribution >= 4 is 29.4 Å². The highest BCUT2D eigenvalue weighted by Gasteiger charge is 2.07. The van der Waals surface area contributed by atoms with Crippen molar-refractivity contribution in [1.29, 1.82) is 0 Å². The number of carbonyl (C=O) groups is 3. The molecule has 0 radical (unpaired) electrons. The fourth-order valence-electron chi connectivity index (χ4n) is 2.17. The first-order valence-corrected chi connectivity index (χ1v) is 11.7. The Kier molecular flexibility index (Phi) is 24.4. The fourth-order valence-corrected chi connectivity index (χ4v) is 2.17. The lowest BCUT2D eigenvalue weighted by Crippen LogP contribution is -2.38. The van der Waals surface area contributed by atoms with Gasteiger partial charge in [0.05, 0.1) is 19.8 Å². The Labute approximate surface area is 202 Å². The fraction of sp³-hybridized carbons (Fsp3) is 0.762. The number of unbranched alkanes of at least 4 members (excludes halogenated alkanes) is 1. The van der Waals surface area contributed by atoms with Gasteiger partial charge in [0, 0.05) is 38.9 Å². The van der Waals surface area contributed by atoms with E-state index in [4.69, 9.17) is 27.7 Å². The van der Waals surface area contributed by atoms with E-state index < -0.39 is 0 Å². The Morgan fingerprint density at radius 3 is 1.97 bits per heavy atom. The van der Waals surface area contributed by atoms with Gasteiger partial charge >= 0.3 is 0 Å². The quantitative estimate of drug-likeness (QED) is 0.0528. The van der Waals surface area contributed by atoms with Crippen LogP contribution >= 0.6 is 0 Å². The molecule has 0 heterocycles. The maximum atomic E-state index is 11.7. The van der Waals surface area contributed by atoms with Gasteiger partial charge in [0.25, 0.3) is 0 Å². The molecule has 11 N–H and O–H groups in total. The summed E-state index contributed by atoms with van der Waals surface area (Å²) in [6.07, 6.45) is 4.26. The molecule has 0 aromatic heterocycles. The molecular formula is C21H45N9O4. The number of nitrogens with zero attached hydrogens (tertiary/aromatic N) is 2. The van der Waals surface area contributed by atoms with Gasteiger partial charge < -0.3 is 43.6 Å². The van der Waals surface area contributed by atoms with Gasteiger partial charge in [-0.05, 0) is 32.7 Å². The van der Waals surface area contributed by atoms with Crippen LogP contribution < -0.4 is 38.9 Å². The molecule has 0 aliphatic carbocycles. The van der Waals surface area contributed by atoms with Gasteiger partial charge in [-0.3, -0.25) is 14.4 Å². The van der Waals surface area contributed by atoms with Gasteiger partial charge in [-0.1, -0.05) is 13.3 Å². The normalized spacial score (nSPS) is 11.3. The highest BCUT2D eigenvalue weighted by Crippen LogP contribution is 1.96. The average Bonchev–Trinajstić information content (AvgIpc) is 2.80. The number of amidine groups is 2. The summed E-state index contributed by atoms with van der Waals surface area (Å²) in [6.45, 7) is 6.50. The monoisotopic (exact) mass is 487 g/mol. The molecule has 0 aliphatic rings. The van der Waals surface area contributed by atoms with E-state index in [1.807, 2.05) is 0 Å². The Morgan fingerprint density at radius 2 is 1.41 bits per heavy atom. The summed E-state index contributed by atoms with van der Waals surface area (Å²) in [5.74, 6) is -0.0827. The molecule has 0 aromatic rings. The van der Waals surface area contributed by atoms with Gasteiger partial charge in [-0.25, -0.2) is 0 Å². The van der Waals surface area contributed by atoms with Crippen LogP contribution in [0.15, 0.2) is 10.2 Å². The Bertz CT molecular complexity index is 607. The standard InChI is InChI=1S/C17H34N8O4.C4H11N/c1-13(19)24-25-14(20)4-3-8-21-15(26)5-2-6-16(27)23-12-17(28)22-9-11-29-10-7-18;1-2-3-4-5/h2-12,18H2,1H3,(H2,19,24)(H2,20,25)(H,21,26)(H,22,28)(H,23,27);2-5H2,1H3. The number of hydrogen-bond donors (Lipinski definition) is 7. The third-order valence-corrected chi connectivity index (χ3v) is 3.91. The molecule has 0 fully saturated rings. The van der Waals surface area contributed by atoms with Crippen molar-refractivity contribution in [2.75, 3.05) is 45.9 Å². The van der Waals surface area contributed by atoms with Gasteiger partial charge in [-0.2, -0.15) is 0 Å². The van der Waals surface area contributed by atoms with E-state index in [1.165, 1.54) is 12.8 Å². The Balaban J connectivity index is 0. The van der Waals surface area contributed by atoms with Crippen molar-refractivity contribution in [3.05, 3.63) is 0 Å². The maximum Gasteiger partial charge on any atom is 0.239 e. The lowest BCUT2D eigenvalue weighted by Gasteiger charge is -2.08. The van der Waals surface area contributed by atoms with E-state index in [9.17, 15) is 14.4 Å². The summed E-state index contributed by atoms with van der Waals surface area (Å²) in [4.78, 5) is 34.9. The van der Waals surface area contributed by atoms with Crippen LogP contribution in [0.1, 0.15) is 58.8 Å². The molecule has 0 rings (SSSR count). The molecule has 0 saturated heterocycles. The van der Waals surface area contributed by atoms with E-state index in [1.54, 1.807) is 6.92 Å². The van der Waals surface area contributed by atoms with E-state index in [0.717, 1.165) is 6.54 Å². The van der Waals surface area contributed by atoms with Gasteiger partial charge in [0.2, 0.25) is 17.7 Å². The highest BCUT2D eigenvalue weighted by molar-refractivity contribution is 5.85. The Hall–Kier alpha value is -2.77. The summed E-state index contributed by atoms with van der Waals surface area (Å²) < 4.78 is 5.11. The van der Waals surface area contributed by atoms with Crippen LogP contribution in [-0.2, 0) is 19.1 Å². The van der Waals surface area contributed by atoms with E-state index in [-0.39, 0.29) is 37.1 Å². The predicted octanol–water partition coefficient (Wildman–Crippen LogP) is -1.34. The van der Waals surface area contributed by atoms with E-state index in [2.05, 4.69) is 33.1 Å². The number of nitrogens with two attached hydrogens (primary N) is 4. The summed E-state index contributed by atoms with van der Waals surface area (Å²) in [5.41, 5.74) is 21.4. The average molecular weight is 488 g/mol. The van der Waals surface area contributed by atoms with Crippen LogP contribution in [0, 0.1) is 0 Å². The van der Waals surface area contributed by atoms with Gasteiger partial charge in [0.1, 0.15) is 11.7 Å². The molecule has 0 saturated carbocycles. The minimum atomic E-state index is -0.303. The first kappa shape index (κ1) is 33.4. The Morgan fingerprint density at radius 1 is 0.765 bits per heavy atom. The van der Waals surface area contributed by atoms with E-state index in [0.29, 0.717) is 63.8 Å². The molecule has 0 aliphatic heterocycles. The highest BCUT2D eigenvalue weighted by atomic mass is 16.5. The zero-order chi connectivity index (χ0) is 26.0. The molecule has 0 unspecified atom stereocenters. The third kappa shape index (κ3) is 27.3. The number of nitrogens with one attached hydrogen (secondary N) is 3. The second-order valence-electron chi connectivity index (χ2n) is 7.31. The molecule has 0 spiro atoms. The van der Waals surface area contributed by atoms with E-state index >= 15 is 0 Å². The molecule has 198 valence electrons. The number of amides is 3. The molecule has 0 aromatic carbocycles. The third-order valence-electron chi connectivity index (χ3n) is 3.91.